The fourth-order valence-electron chi connectivity index (χ4n) is 2.85. The summed E-state index contributed by atoms with van der Waals surface area (Å²) in [4.78, 5) is 20.5. The van der Waals surface area contributed by atoms with Gasteiger partial charge < -0.3 is 9.64 Å². The molecule has 1 aromatic carbocycles. The number of aromatic nitrogens is 1. The summed E-state index contributed by atoms with van der Waals surface area (Å²) in [5.74, 6) is 0.114. The lowest BCUT2D eigenvalue weighted by atomic mass is 10.1. The van der Waals surface area contributed by atoms with Crippen molar-refractivity contribution in [3.8, 4) is 9.88 Å². The van der Waals surface area contributed by atoms with E-state index in [1.807, 2.05) is 27.8 Å². The average molecular weight is 401 g/mol. The van der Waals surface area contributed by atoms with Crippen LogP contribution in [0.15, 0.2) is 53.2 Å². The van der Waals surface area contributed by atoms with Crippen LogP contribution in [0.3, 0.4) is 0 Å². The van der Waals surface area contributed by atoms with Crippen molar-refractivity contribution < 1.29 is 9.53 Å². The number of methoxy groups -OCH3 is 1. The van der Waals surface area contributed by atoms with Crippen LogP contribution in [0, 0.1) is 0 Å². The Hall–Kier alpha value is -2.02. The molecule has 0 bridgehead atoms. The van der Waals surface area contributed by atoms with Gasteiger partial charge in [-0.2, -0.15) is 0 Å². The molecule has 2 heterocycles. The van der Waals surface area contributed by atoms with Gasteiger partial charge in [0.05, 0.1) is 23.6 Å². The SMILES string of the molecule is COCCN(CCCc1ccccc1)C(=O)Cc1csc(-c2cccs2)n1. The number of thiophene rings is 1. The fourth-order valence-corrected chi connectivity index (χ4v) is 4.48. The van der Waals surface area contributed by atoms with E-state index in [-0.39, 0.29) is 5.91 Å². The number of ether oxygens (including phenoxy) is 1. The maximum absolute atomic E-state index is 12.8. The summed E-state index contributed by atoms with van der Waals surface area (Å²) in [6.07, 6.45) is 2.25. The van der Waals surface area contributed by atoms with E-state index in [2.05, 4.69) is 35.3 Å². The monoisotopic (exact) mass is 400 g/mol. The zero-order valence-electron chi connectivity index (χ0n) is 15.5. The first-order valence-electron chi connectivity index (χ1n) is 9.05. The van der Waals surface area contributed by atoms with Crippen molar-refractivity contribution in [2.24, 2.45) is 0 Å². The summed E-state index contributed by atoms with van der Waals surface area (Å²) in [5, 5.41) is 5.02. The Bertz CT molecular complexity index is 816. The summed E-state index contributed by atoms with van der Waals surface area (Å²) in [5.41, 5.74) is 2.15. The summed E-state index contributed by atoms with van der Waals surface area (Å²) < 4.78 is 5.18. The zero-order chi connectivity index (χ0) is 18.9. The van der Waals surface area contributed by atoms with Crippen LogP contribution in [-0.4, -0.2) is 42.6 Å². The van der Waals surface area contributed by atoms with Crippen LogP contribution in [0.2, 0.25) is 0 Å². The van der Waals surface area contributed by atoms with Crippen LogP contribution in [-0.2, 0) is 22.4 Å². The van der Waals surface area contributed by atoms with Crippen molar-refractivity contribution in [1.29, 1.82) is 0 Å². The summed E-state index contributed by atoms with van der Waals surface area (Å²) in [7, 11) is 1.67. The molecular formula is C21H24N2O2S2. The number of hydrogen-bond donors (Lipinski definition) is 0. The first-order chi connectivity index (χ1) is 13.3. The minimum Gasteiger partial charge on any atom is -0.383 e. The van der Waals surface area contributed by atoms with Crippen LogP contribution >= 0.6 is 22.7 Å². The third-order valence-electron chi connectivity index (χ3n) is 4.27. The number of carbonyl (C=O) groups is 1. The third-order valence-corrected chi connectivity index (χ3v) is 6.20. The maximum Gasteiger partial charge on any atom is 0.228 e. The minimum absolute atomic E-state index is 0.114. The molecule has 0 aliphatic heterocycles. The Morgan fingerprint density at radius 2 is 1.96 bits per heavy atom. The lowest BCUT2D eigenvalue weighted by Crippen LogP contribution is -2.36. The molecule has 0 radical (unpaired) electrons. The lowest BCUT2D eigenvalue weighted by molar-refractivity contribution is -0.131. The number of thiazole rings is 1. The van der Waals surface area contributed by atoms with E-state index < -0.39 is 0 Å². The van der Waals surface area contributed by atoms with Crippen molar-refractivity contribution in [2.45, 2.75) is 19.3 Å². The average Bonchev–Trinajstić information content (AvgIpc) is 3.37. The molecule has 0 unspecified atom stereocenters. The van der Waals surface area contributed by atoms with Crippen LogP contribution in [0.4, 0.5) is 0 Å². The van der Waals surface area contributed by atoms with Gasteiger partial charge in [0.15, 0.2) is 0 Å². The number of hydrogen-bond acceptors (Lipinski definition) is 5. The molecule has 3 rings (SSSR count). The van der Waals surface area contributed by atoms with Crippen molar-refractivity contribution >= 4 is 28.6 Å². The van der Waals surface area contributed by atoms with E-state index in [1.165, 1.54) is 5.56 Å². The second-order valence-corrected chi connectivity index (χ2v) is 8.07. The van der Waals surface area contributed by atoms with Gasteiger partial charge in [-0.15, -0.1) is 22.7 Å². The van der Waals surface area contributed by atoms with Gasteiger partial charge in [-0.1, -0.05) is 36.4 Å². The van der Waals surface area contributed by atoms with Crippen molar-refractivity contribution in [1.82, 2.24) is 9.88 Å². The normalized spacial score (nSPS) is 10.9. The fraction of sp³-hybridized carbons (Fsp3) is 0.333. The molecule has 27 heavy (non-hydrogen) atoms. The number of benzene rings is 1. The van der Waals surface area contributed by atoms with E-state index in [0.29, 0.717) is 19.6 Å². The molecule has 0 N–H and O–H groups in total. The van der Waals surface area contributed by atoms with Crippen LogP contribution in [0.25, 0.3) is 9.88 Å². The zero-order valence-corrected chi connectivity index (χ0v) is 17.1. The van der Waals surface area contributed by atoms with Gasteiger partial charge in [0.25, 0.3) is 0 Å². The maximum atomic E-state index is 12.8. The molecular weight excluding hydrogens is 376 g/mol. The smallest absolute Gasteiger partial charge is 0.228 e. The molecule has 0 saturated heterocycles. The molecule has 0 fully saturated rings. The molecule has 2 aromatic heterocycles. The quantitative estimate of drug-likeness (QED) is 0.502. The number of aryl methyl sites for hydroxylation is 1. The largest absolute Gasteiger partial charge is 0.383 e. The van der Waals surface area contributed by atoms with E-state index in [4.69, 9.17) is 4.74 Å². The van der Waals surface area contributed by atoms with Gasteiger partial charge >= 0.3 is 0 Å². The standard InChI is InChI=1S/C21H24N2O2S2/c1-25-13-12-23(11-5-9-17-7-3-2-4-8-17)20(24)15-18-16-27-21(22-18)19-10-6-14-26-19/h2-4,6-8,10,14,16H,5,9,11-13,15H2,1H3. The minimum atomic E-state index is 0.114. The Morgan fingerprint density at radius 3 is 2.70 bits per heavy atom. The second-order valence-electron chi connectivity index (χ2n) is 6.26. The van der Waals surface area contributed by atoms with Crippen molar-refractivity contribution in [2.75, 3.05) is 26.8 Å². The molecule has 1 amide bonds. The number of nitrogens with zero attached hydrogens (tertiary/aromatic N) is 2. The highest BCUT2D eigenvalue weighted by Crippen LogP contribution is 2.28. The molecule has 0 aliphatic rings. The van der Waals surface area contributed by atoms with Gasteiger partial charge in [-0.25, -0.2) is 4.98 Å². The van der Waals surface area contributed by atoms with Gasteiger partial charge in [-0.3, -0.25) is 4.79 Å². The molecule has 0 saturated carbocycles. The van der Waals surface area contributed by atoms with E-state index in [9.17, 15) is 4.79 Å². The highest BCUT2D eigenvalue weighted by molar-refractivity contribution is 7.20. The van der Waals surface area contributed by atoms with Crippen LogP contribution in [0.5, 0.6) is 0 Å². The van der Waals surface area contributed by atoms with Crippen LogP contribution < -0.4 is 0 Å². The molecule has 0 spiro atoms. The number of carbonyl (C=O) groups excluding carboxylic acids is 1. The van der Waals surface area contributed by atoms with Crippen LogP contribution in [0.1, 0.15) is 17.7 Å². The van der Waals surface area contributed by atoms with Gasteiger partial charge in [0, 0.05) is 25.6 Å². The molecule has 0 atom stereocenters. The summed E-state index contributed by atoms with van der Waals surface area (Å²) >= 11 is 3.27. The molecule has 142 valence electrons. The molecule has 3 aromatic rings. The predicted molar refractivity (Wildman–Crippen MR) is 112 cm³/mol. The van der Waals surface area contributed by atoms with E-state index in [0.717, 1.165) is 35.0 Å². The van der Waals surface area contributed by atoms with Gasteiger partial charge in [0.1, 0.15) is 5.01 Å². The predicted octanol–water partition coefficient (Wildman–Crippen LogP) is 4.52. The lowest BCUT2D eigenvalue weighted by Gasteiger charge is -2.22. The molecule has 4 nitrogen and oxygen atoms in total. The van der Waals surface area contributed by atoms with Gasteiger partial charge in [0.2, 0.25) is 5.91 Å². The Balaban J connectivity index is 1.56. The Labute approximate surface area is 168 Å². The van der Waals surface area contributed by atoms with E-state index in [1.54, 1.807) is 29.8 Å². The highest BCUT2D eigenvalue weighted by Gasteiger charge is 2.16. The van der Waals surface area contributed by atoms with Crippen molar-refractivity contribution in [3.63, 3.8) is 0 Å². The molecule has 6 heteroatoms. The highest BCUT2D eigenvalue weighted by atomic mass is 32.1. The second kappa shape index (κ2) is 10.3. The number of rotatable bonds is 10. The van der Waals surface area contributed by atoms with Gasteiger partial charge in [-0.05, 0) is 29.9 Å². The summed E-state index contributed by atoms with van der Waals surface area (Å²) in [6.45, 7) is 1.90. The number of amides is 1. The summed E-state index contributed by atoms with van der Waals surface area (Å²) in [6, 6.07) is 14.5. The first kappa shape index (κ1) is 19.7. The third kappa shape index (κ3) is 5.99. The van der Waals surface area contributed by atoms with E-state index >= 15 is 0 Å². The Kier molecular flexibility index (Phi) is 7.56. The van der Waals surface area contributed by atoms with Crippen molar-refractivity contribution in [3.05, 3.63) is 64.5 Å². The first-order valence-corrected chi connectivity index (χ1v) is 10.8. The Morgan fingerprint density at radius 1 is 1.11 bits per heavy atom. The topological polar surface area (TPSA) is 42.4 Å². The molecule has 0 aliphatic carbocycles.